The number of nitrogens with one attached hydrogen (secondary N) is 2. The Morgan fingerprint density at radius 3 is 3.00 bits per heavy atom. The second kappa shape index (κ2) is 4.62. The molecule has 0 radical (unpaired) electrons. The van der Waals surface area contributed by atoms with Crippen molar-refractivity contribution < 1.29 is 0 Å². The van der Waals surface area contributed by atoms with Gasteiger partial charge in [0.15, 0.2) is 11.6 Å². The molecule has 0 saturated heterocycles. The van der Waals surface area contributed by atoms with Crippen LogP contribution < -0.4 is 10.9 Å². The molecule has 2 N–H and O–H groups in total. The van der Waals surface area contributed by atoms with Crippen LogP contribution in [0.1, 0.15) is 25.7 Å². The first kappa shape index (κ1) is 12.1. The van der Waals surface area contributed by atoms with E-state index in [4.69, 9.17) is 0 Å². The van der Waals surface area contributed by atoms with Crippen molar-refractivity contribution in [3.63, 3.8) is 0 Å². The Labute approximate surface area is 110 Å². The lowest BCUT2D eigenvalue weighted by molar-refractivity contribution is 0.339. The first-order chi connectivity index (χ1) is 9.16. The summed E-state index contributed by atoms with van der Waals surface area (Å²) in [5.74, 6) is 2.18. The fourth-order valence-corrected chi connectivity index (χ4v) is 2.52. The molecule has 1 atom stereocenters. The minimum absolute atomic E-state index is 0.121. The number of fused-ring (bicyclic) bond motifs is 1. The molecule has 100 valence electrons. The van der Waals surface area contributed by atoms with E-state index in [1.165, 1.54) is 0 Å². The molecule has 2 aromatic heterocycles. The summed E-state index contributed by atoms with van der Waals surface area (Å²) in [6.07, 6.45) is 1.64. The van der Waals surface area contributed by atoms with Gasteiger partial charge in [0.25, 0.3) is 0 Å². The Morgan fingerprint density at radius 1 is 1.42 bits per heavy atom. The van der Waals surface area contributed by atoms with Gasteiger partial charge in [-0.1, -0.05) is 13.8 Å². The third-order valence-electron chi connectivity index (χ3n) is 3.46. The number of aromatic amines is 1. The second-order valence-electron chi connectivity index (χ2n) is 5.15. The van der Waals surface area contributed by atoms with Crippen molar-refractivity contribution in [1.29, 1.82) is 0 Å². The molecular weight excluding hydrogens is 242 g/mol. The Bertz CT molecular complexity index is 642. The molecule has 6 nitrogen and oxygen atoms in total. The lowest BCUT2D eigenvalue weighted by atomic mass is 10.0. The van der Waals surface area contributed by atoms with Crippen LogP contribution in [0.3, 0.4) is 0 Å². The molecule has 19 heavy (non-hydrogen) atoms. The van der Waals surface area contributed by atoms with Crippen LogP contribution in [-0.2, 0) is 6.54 Å². The van der Waals surface area contributed by atoms with Gasteiger partial charge in [0, 0.05) is 30.9 Å². The quantitative estimate of drug-likeness (QED) is 0.841. The van der Waals surface area contributed by atoms with E-state index in [1.807, 2.05) is 6.07 Å². The molecule has 6 heteroatoms. The summed E-state index contributed by atoms with van der Waals surface area (Å²) < 4.78 is 2.11. The third kappa shape index (κ3) is 2.08. The highest BCUT2D eigenvalue weighted by Crippen LogP contribution is 2.26. The van der Waals surface area contributed by atoms with Crippen molar-refractivity contribution in [2.75, 3.05) is 6.54 Å². The molecule has 0 fully saturated rings. The van der Waals surface area contributed by atoms with E-state index in [0.29, 0.717) is 5.92 Å². The molecule has 0 aliphatic carbocycles. The minimum atomic E-state index is -0.121. The fourth-order valence-electron chi connectivity index (χ4n) is 2.52. The molecule has 1 aliphatic heterocycles. The van der Waals surface area contributed by atoms with Crippen molar-refractivity contribution in [3.8, 4) is 11.4 Å². The topological polar surface area (TPSA) is 75.6 Å². The number of hydrogen-bond acceptors (Lipinski definition) is 4. The number of pyridine rings is 1. The summed E-state index contributed by atoms with van der Waals surface area (Å²) in [5.41, 5.74) is 0.691. The van der Waals surface area contributed by atoms with Crippen molar-refractivity contribution >= 4 is 0 Å². The summed E-state index contributed by atoms with van der Waals surface area (Å²) >= 11 is 0. The first-order valence-electron chi connectivity index (χ1n) is 6.52. The van der Waals surface area contributed by atoms with E-state index in [1.54, 1.807) is 12.3 Å². The van der Waals surface area contributed by atoms with Gasteiger partial charge in [-0.05, 0) is 12.0 Å². The van der Waals surface area contributed by atoms with Gasteiger partial charge in [-0.25, -0.2) is 0 Å². The molecule has 0 amide bonds. The van der Waals surface area contributed by atoms with Crippen molar-refractivity contribution in [2.24, 2.45) is 5.92 Å². The number of hydrogen-bond donors (Lipinski definition) is 2. The normalized spacial score (nSPS) is 18.6. The van der Waals surface area contributed by atoms with Crippen LogP contribution in [0.15, 0.2) is 23.1 Å². The van der Waals surface area contributed by atoms with E-state index in [2.05, 4.69) is 38.9 Å². The van der Waals surface area contributed by atoms with Crippen LogP contribution in [0.25, 0.3) is 11.4 Å². The van der Waals surface area contributed by atoms with Gasteiger partial charge in [-0.2, -0.15) is 0 Å². The predicted molar refractivity (Wildman–Crippen MR) is 71.7 cm³/mol. The Kier molecular flexibility index (Phi) is 2.94. The first-order valence-corrected chi connectivity index (χ1v) is 6.52. The summed E-state index contributed by atoms with van der Waals surface area (Å²) in [4.78, 5) is 14.0. The van der Waals surface area contributed by atoms with Gasteiger partial charge in [-0.3, -0.25) is 4.79 Å². The van der Waals surface area contributed by atoms with E-state index in [0.717, 1.165) is 30.3 Å². The molecule has 0 bridgehead atoms. The van der Waals surface area contributed by atoms with Crippen LogP contribution in [0.2, 0.25) is 0 Å². The minimum Gasteiger partial charge on any atom is -0.329 e. The predicted octanol–water partition coefficient (Wildman–Crippen LogP) is 0.934. The third-order valence-corrected chi connectivity index (χ3v) is 3.46. The van der Waals surface area contributed by atoms with Crippen LogP contribution >= 0.6 is 0 Å². The zero-order valence-corrected chi connectivity index (χ0v) is 11.1. The number of aromatic nitrogens is 4. The summed E-state index contributed by atoms with van der Waals surface area (Å²) in [5, 5.41) is 12.0. The lowest BCUT2D eigenvalue weighted by Crippen LogP contribution is -2.36. The van der Waals surface area contributed by atoms with Crippen LogP contribution in [0, 0.1) is 5.92 Å². The highest BCUT2D eigenvalue weighted by Gasteiger charge is 2.27. The zero-order valence-electron chi connectivity index (χ0n) is 11.1. The highest BCUT2D eigenvalue weighted by atomic mass is 16.1. The zero-order chi connectivity index (χ0) is 13.4. The summed E-state index contributed by atoms with van der Waals surface area (Å²) in [6.45, 7) is 6.04. The molecule has 3 heterocycles. The van der Waals surface area contributed by atoms with Crippen LogP contribution in [-0.4, -0.2) is 26.3 Å². The Balaban J connectivity index is 2.08. The molecule has 1 unspecified atom stereocenters. The van der Waals surface area contributed by atoms with Crippen molar-refractivity contribution in [1.82, 2.24) is 25.1 Å². The smallest absolute Gasteiger partial charge is 0.248 e. The molecular formula is C13H17N5O. The SMILES string of the molecule is CC(C)C1NCCn2c(-c3cc[nH]c(=O)c3)nnc21. The van der Waals surface area contributed by atoms with E-state index in [9.17, 15) is 4.79 Å². The molecule has 0 aromatic carbocycles. The largest absolute Gasteiger partial charge is 0.329 e. The standard InChI is InChI=1S/C13H17N5O/c1-8(2)11-13-17-16-12(18(13)6-5-15-11)9-3-4-14-10(19)7-9/h3-4,7-8,11,15H,5-6H2,1-2H3,(H,14,19). The maximum atomic E-state index is 11.4. The van der Waals surface area contributed by atoms with Gasteiger partial charge in [0.05, 0.1) is 6.04 Å². The molecule has 0 spiro atoms. The summed E-state index contributed by atoms with van der Waals surface area (Å²) in [6, 6.07) is 3.63. The maximum absolute atomic E-state index is 11.4. The highest BCUT2D eigenvalue weighted by molar-refractivity contribution is 5.54. The van der Waals surface area contributed by atoms with Gasteiger partial charge in [0.1, 0.15) is 0 Å². The van der Waals surface area contributed by atoms with E-state index < -0.39 is 0 Å². The monoisotopic (exact) mass is 259 g/mol. The van der Waals surface area contributed by atoms with E-state index in [-0.39, 0.29) is 11.6 Å². The van der Waals surface area contributed by atoms with Gasteiger partial charge in [-0.15, -0.1) is 10.2 Å². The van der Waals surface area contributed by atoms with Crippen LogP contribution in [0.5, 0.6) is 0 Å². The summed E-state index contributed by atoms with van der Waals surface area (Å²) in [7, 11) is 0. The maximum Gasteiger partial charge on any atom is 0.248 e. The Hall–Kier alpha value is -1.95. The van der Waals surface area contributed by atoms with Gasteiger partial charge in [0.2, 0.25) is 5.56 Å². The van der Waals surface area contributed by atoms with E-state index >= 15 is 0 Å². The molecule has 2 aromatic rings. The molecule has 3 rings (SSSR count). The fraction of sp³-hybridized carbons (Fsp3) is 0.462. The van der Waals surface area contributed by atoms with Gasteiger partial charge < -0.3 is 14.9 Å². The Morgan fingerprint density at radius 2 is 2.26 bits per heavy atom. The average molecular weight is 259 g/mol. The van der Waals surface area contributed by atoms with Crippen molar-refractivity contribution in [3.05, 3.63) is 34.5 Å². The number of nitrogens with zero attached hydrogens (tertiary/aromatic N) is 3. The average Bonchev–Trinajstić information content (AvgIpc) is 2.82. The second-order valence-corrected chi connectivity index (χ2v) is 5.15. The lowest BCUT2D eigenvalue weighted by Gasteiger charge is -2.27. The van der Waals surface area contributed by atoms with Gasteiger partial charge >= 0.3 is 0 Å². The number of rotatable bonds is 2. The van der Waals surface area contributed by atoms with Crippen molar-refractivity contribution in [2.45, 2.75) is 26.4 Å². The van der Waals surface area contributed by atoms with Crippen LogP contribution in [0.4, 0.5) is 0 Å². The number of H-pyrrole nitrogens is 1. The molecule has 1 aliphatic rings. The molecule has 0 saturated carbocycles.